The number of amides is 3. The van der Waals surface area contributed by atoms with E-state index in [1.165, 1.54) is 0 Å². The van der Waals surface area contributed by atoms with Crippen molar-refractivity contribution in [3.8, 4) is 0 Å². The molecule has 3 amide bonds. The van der Waals surface area contributed by atoms with Gasteiger partial charge in [0.1, 0.15) is 11.7 Å². The van der Waals surface area contributed by atoms with Crippen molar-refractivity contribution in [2.24, 2.45) is 5.92 Å². The van der Waals surface area contributed by atoms with Gasteiger partial charge in [0.05, 0.1) is 0 Å². The molecule has 0 spiro atoms. The molecule has 1 fully saturated rings. The number of imide groups is 1. The predicted octanol–water partition coefficient (Wildman–Crippen LogP) is 3.38. The first-order valence-electron chi connectivity index (χ1n) is 10.1. The molecular formula is C24H26N2O4. The van der Waals surface area contributed by atoms with E-state index in [1.807, 2.05) is 32.9 Å². The molecule has 3 rings (SSSR count). The summed E-state index contributed by atoms with van der Waals surface area (Å²) in [6.45, 7) is 6.05. The molecule has 2 unspecified atom stereocenters. The van der Waals surface area contributed by atoms with Crippen LogP contribution in [0.2, 0.25) is 0 Å². The average molecular weight is 406 g/mol. The van der Waals surface area contributed by atoms with Crippen LogP contribution in [0.25, 0.3) is 0 Å². The van der Waals surface area contributed by atoms with Crippen LogP contribution >= 0.6 is 0 Å². The molecule has 2 aromatic rings. The van der Waals surface area contributed by atoms with E-state index in [0.29, 0.717) is 12.0 Å². The standard InChI is InChI=1S/C24H26N2O4/c1-14-11-15(2)20(16(3)12-14)21-19(27)13-18(22(21)28)9-10-25-24(30)26-23(29)17-7-5-4-6-8-17/h4-8,11-12,18,21H,9-10,13H2,1-3H3,(H2,25,26,29,30). The molecule has 6 nitrogen and oxygen atoms in total. The van der Waals surface area contributed by atoms with Gasteiger partial charge in [-0.05, 0) is 56.0 Å². The third kappa shape index (κ3) is 4.64. The van der Waals surface area contributed by atoms with Gasteiger partial charge in [0.25, 0.3) is 5.91 Å². The monoisotopic (exact) mass is 406 g/mol. The van der Waals surface area contributed by atoms with Gasteiger partial charge in [-0.1, -0.05) is 35.9 Å². The Balaban J connectivity index is 1.56. The van der Waals surface area contributed by atoms with Crippen LogP contribution in [0.3, 0.4) is 0 Å². The topological polar surface area (TPSA) is 92.3 Å². The highest BCUT2D eigenvalue weighted by molar-refractivity contribution is 6.15. The summed E-state index contributed by atoms with van der Waals surface area (Å²) in [5.74, 6) is -1.79. The molecule has 6 heteroatoms. The number of aryl methyl sites for hydroxylation is 3. The van der Waals surface area contributed by atoms with Crippen molar-refractivity contribution in [3.63, 3.8) is 0 Å². The number of rotatable bonds is 5. The molecule has 0 aromatic heterocycles. The summed E-state index contributed by atoms with van der Waals surface area (Å²) in [5.41, 5.74) is 4.21. The van der Waals surface area contributed by atoms with E-state index in [1.54, 1.807) is 30.3 Å². The molecule has 156 valence electrons. The Bertz CT molecular complexity index is 975. The van der Waals surface area contributed by atoms with Crippen LogP contribution in [0.1, 0.15) is 51.4 Å². The third-order valence-corrected chi connectivity index (χ3v) is 5.52. The zero-order valence-electron chi connectivity index (χ0n) is 17.5. The maximum Gasteiger partial charge on any atom is 0.321 e. The van der Waals surface area contributed by atoms with Crippen molar-refractivity contribution < 1.29 is 19.2 Å². The Morgan fingerprint density at radius 2 is 1.63 bits per heavy atom. The molecule has 2 N–H and O–H groups in total. The van der Waals surface area contributed by atoms with Crippen LogP contribution in [-0.2, 0) is 9.59 Å². The quantitative estimate of drug-likeness (QED) is 0.745. The minimum Gasteiger partial charge on any atom is -0.338 e. The SMILES string of the molecule is Cc1cc(C)c(C2C(=O)CC(CCNC(=O)NC(=O)c3ccccc3)C2=O)c(C)c1. The van der Waals surface area contributed by atoms with E-state index in [2.05, 4.69) is 10.6 Å². The highest BCUT2D eigenvalue weighted by Crippen LogP contribution is 2.37. The van der Waals surface area contributed by atoms with Crippen molar-refractivity contribution in [1.82, 2.24) is 10.6 Å². The van der Waals surface area contributed by atoms with Gasteiger partial charge in [-0.3, -0.25) is 19.7 Å². The van der Waals surface area contributed by atoms with E-state index < -0.39 is 23.8 Å². The number of urea groups is 1. The molecule has 2 atom stereocenters. The highest BCUT2D eigenvalue weighted by Gasteiger charge is 2.42. The van der Waals surface area contributed by atoms with Crippen LogP contribution in [0.4, 0.5) is 4.79 Å². The molecule has 1 saturated carbocycles. The molecule has 30 heavy (non-hydrogen) atoms. The van der Waals surface area contributed by atoms with Crippen molar-refractivity contribution in [1.29, 1.82) is 0 Å². The fourth-order valence-electron chi connectivity index (χ4n) is 4.22. The lowest BCUT2D eigenvalue weighted by molar-refractivity contribution is -0.124. The first-order chi connectivity index (χ1) is 14.3. The van der Waals surface area contributed by atoms with Gasteiger partial charge in [-0.15, -0.1) is 0 Å². The number of hydrogen-bond donors (Lipinski definition) is 2. The van der Waals surface area contributed by atoms with Crippen molar-refractivity contribution in [2.45, 2.75) is 39.5 Å². The predicted molar refractivity (Wildman–Crippen MR) is 113 cm³/mol. The fraction of sp³-hybridized carbons (Fsp3) is 0.333. The second-order valence-electron chi connectivity index (χ2n) is 7.88. The summed E-state index contributed by atoms with van der Waals surface area (Å²) in [6.07, 6.45) is 0.542. The summed E-state index contributed by atoms with van der Waals surface area (Å²) in [5, 5.41) is 4.85. The van der Waals surface area contributed by atoms with Gasteiger partial charge in [-0.25, -0.2) is 4.79 Å². The van der Waals surface area contributed by atoms with Gasteiger partial charge in [0.15, 0.2) is 5.78 Å². The Morgan fingerprint density at radius 3 is 2.27 bits per heavy atom. The summed E-state index contributed by atoms with van der Waals surface area (Å²) >= 11 is 0. The summed E-state index contributed by atoms with van der Waals surface area (Å²) in [4.78, 5) is 49.5. The number of Topliss-reactive ketones (excluding diaryl/α,β-unsaturated/α-hetero) is 2. The van der Waals surface area contributed by atoms with Gasteiger partial charge in [0.2, 0.25) is 0 Å². The van der Waals surface area contributed by atoms with Gasteiger partial charge in [0, 0.05) is 24.4 Å². The van der Waals surface area contributed by atoms with Crippen LogP contribution in [0.5, 0.6) is 0 Å². The molecule has 0 saturated heterocycles. The van der Waals surface area contributed by atoms with Crippen molar-refractivity contribution in [3.05, 3.63) is 70.3 Å². The minimum absolute atomic E-state index is 0.0660. The molecule has 2 aromatic carbocycles. The highest BCUT2D eigenvalue weighted by atomic mass is 16.2. The molecule has 0 radical (unpaired) electrons. The molecule has 0 heterocycles. The maximum absolute atomic E-state index is 12.9. The Labute approximate surface area is 176 Å². The van der Waals surface area contributed by atoms with Crippen molar-refractivity contribution in [2.75, 3.05) is 6.54 Å². The Morgan fingerprint density at radius 1 is 1.00 bits per heavy atom. The third-order valence-electron chi connectivity index (χ3n) is 5.52. The summed E-state index contributed by atoms with van der Waals surface area (Å²) in [6, 6.07) is 11.8. The molecule has 0 aliphatic heterocycles. The van der Waals surface area contributed by atoms with Crippen molar-refractivity contribution >= 4 is 23.5 Å². The van der Waals surface area contributed by atoms with Gasteiger partial charge in [-0.2, -0.15) is 0 Å². The van der Waals surface area contributed by atoms with Gasteiger partial charge < -0.3 is 5.32 Å². The van der Waals surface area contributed by atoms with Gasteiger partial charge >= 0.3 is 6.03 Å². The molecule has 0 bridgehead atoms. The molecular weight excluding hydrogens is 380 g/mol. The zero-order valence-corrected chi connectivity index (χ0v) is 17.5. The van der Waals surface area contributed by atoms with Crippen LogP contribution < -0.4 is 10.6 Å². The second kappa shape index (κ2) is 9.03. The average Bonchev–Trinajstić information content (AvgIpc) is 2.96. The largest absolute Gasteiger partial charge is 0.338 e. The Kier molecular flexibility index (Phi) is 6.45. The first-order valence-corrected chi connectivity index (χ1v) is 10.1. The molecule has 1 aliphatic rings. The summed E-state index contributed by atoms with van der Waals surface area (Å²) in [7, 11) is 0. The number of ketones is 2. The first kappa shape index (κ1) is 21.4. The van der Waals surface area contributed by atoms with Crippen LogP contribution in [0, 0.1) is 26.7 Å². The van der Waals surface area contributed by atoms with E-state index >= 15 is 0 Å². The number of carbonyl (C=O) groups excluding carboxylic acids is 4. The number of carbonyl (C=O) groups is 4. The second-order valence-corrected chi connectivity index (χ2v) is 7.88. The number of nitrogens with one attached hydrogen (secondary N) is 2. The Hall–Kier alpha value is -3.28. The van der Waals surface area contributed by atoms with Crippen LogP contribution in [0.15, 0.2) is 42.5 Å². The lowest BCUT2D eigenvalue weighted by Crippen LogP contribution is -2.40. The van der Waals surface area contributed by atoms with E-state index in [-0.39, 0.29) is 24.5 Å². The smallest absolute Gasteiger partial charge is 0.321 e. The fourth-order valence-corrected chi connectivity index (χ4v) is 4.22. The van der Waals surface area contributed by atoms with Crippen LogP contribution in [-0.4, -0.2) is 30.0 Å². The normalized spacial score (nSPS) is 18.4. The van der Waals surface area contributed by atoms with E-state index in [0.717, 1.165) is 22.3 Å². The van der Waals surface area contributed by atoms with E-state index in [4.69, 9.17) is 0 Å². The lowest BCUT2D eigenvalue weighted by atomic mass is 9.86. The lowest BCUT2D eigenvalue weighted by Gasteiger charge is -2.16. The number of benzene rings is 2. The van der Waals surface area contributed by atoms with E-state index in [9.17, 15) is 19.2 Å². The zero-order chi connectivity index (χ0) is 21.8. The summed E-state index contributed by atoms with van der Waals surface area (Å²) < 4.78 is 0. The minimum atomic E-state index is -0.718. The number of hydrogen-bond acceptors (Lipinski definition) is 4. The molecule has 1 aliphatic carbocycles. The maximum atomic E-state index is 12.9.